The summed E-state index contributed by atoms with van der Waals surface area (Å²) in [5.74, 6) is -0.260. The number of nitrogens with zero attached hydrogens (tertiary/aromatic N) is 1. The van der Waals surface area contributed by atoms with E-state index in [0.29, 0.717) is 0 Å². The highest BCUT2D eigenvalue weighted by atomic mass is 16.6. The van der Waals surface area contributed by atoms with Crippen molar-refractivity contribution >= 4 is 11.7 Å². The van der Waals surface area contributed by atoms with E-state index in [0.717, 1.165) is 0 Å². The number of rotatable bonds is 4. The van der Waals surface area contributed by atoms with Gasteiger partial charge in [0.15, 0.2) is 6.61 Å². The van der Waals surface area contributed by atoms with Gasteiger partial charge in [0.1, 0.15) is 11.4 Å². The van der Waals surface area contributed by atoms with Crippen molar-refractivity contribution in [2.24, 2.45) is 0 Å². The predicted octanol–water partition coefficient (Wildman–Crippen LogP) is 2.32. The van der Waals surface area contributed by atoms with Crippen LogP contribution >= 0.6 is 0 Å². The third-order valence-electron chi connectivity index (χ3n) is 1.81. The van der Waals surface area contributed by atoms with Crippen LogP contribution in [0.4, 0.5) is 5.69 Å². The quantitative estimate of drug-likeness (QED) is 0.467. The third-order valence-corrected chi connectivity index (χ3v) is 1.81. The van der Waals surface area contributed by atoms with Gasteiger partial charge in [-0.15, -0.1) is 0 Å². The molecule has 0 amide bonds. The number of nitro groups is 1. The van der Waals surface area contributed by atoms with Crippen LogP contribution in [-0.4, -0.2) is 23.1 Å². The van der Waals surface area contributed by atoms with Crippen molar-refractivity contribution in [3.05, 3.63) is 34.4 Å². The number of ether oxygens (including phenoxy) is 2. The lowest BCUT2D eigenvalue weighted by Gasteiger charge is -2.19. The first kappa shape index (κ1) is 14.0. The van der Waals surface area contributed by atoms with E-state index in [1.807, 2.05) is 0 Å². The van der Waals surface area contributed by atoms with Gasteiger partial charge in [0, 0.05) is 6.07 Å². The van der Waals surface area contributed by atoms with Crippen LogP contribution in [0.15, 0.2) is 24.3 Å². The molecule has 0 saturated carbocycles. The molecule has 6 heteroatoms. The zero-order valence-corrected chi connectivity index (χ0v) is 10.5. The molecule has 0 atom stereocenters. The van der Waals surface area contributed by atoms with Crippen molar-refractivity contribution in [1.29, 1.82) is 0 Å². The van der Waals surface area contributed by atoms with E-state index in [2.05, 4.69) is 0 Å². The maximum atomic E-state index is 11.4. The second kappa shape index (κ2) is 5.48. The summed E-state index contributed by atoms with van der Waals surface area (Å²) in [5, 5.41) is 10.5. The minimum atomic E-state index is -0.580. The van der Waals surface area contributed by atoms with Crippen molar-refractivity contribution in [2.45, 2.75) is 26.4 Å². The molecule has 6 nitrogen and oxygen atoms in total. The van der Waals surface area contributed by atoms with Gasteiger partial charge in [0.25, 0.3) is 5.69 Å². The van der Waals surface area contributed by atoms with Crippen molar-refractivity contribution in [3.63, 3.8) is 0 Å². The summed E-state index contributed by atoms with van der Waals surface area (Å²) in [6, 6.07) is 5.63. The van der Waals surface area contributed by atoms with E-state index < -0.39 is 16.5 Å². The number of benzene rings is 1. The largest absolute Gasteiger partial charge is 0.482 e. The lowest BCUT2D eigenvalue weighted by Crippen LogP contribution is -2.27. The van der Waals surface area contributed by atoms with Crippen LogP contribution in [0.3, 0.4) is 0 Å². The predicted molar refractivity (Wildman–Crippen MR) is 64.4 cm³/mol. The lowest BCUT2D eigenvalue weighted by atomic mass is 10.2. The first-order valence-electron chi connectivity index (χ1n) is 5.37. The zero-order chi connectivity index (χ0) is 13.8. The number of carbonyl (C=O) groups excluding carboxylic acids is 1. The first-order valence-corrected chi connectivity index (χ1v) is 5.37. The van der Waals surface area contributed by atoms with E-state index in [-0.39, 0.29) is 18.0 Å². The van der Waals surface area contributed by atoms with Crippen molar-refractivity contribution < 1.29 is 19.2 Å². The topological polar surface area (TPSA) is 78.7 Å². The fraction of sp³-hybridized carbons (Fsp3) is 0.417. The minimum Gasteiger partial charge on any atom is -0.482 e. The molecule has 0 bridgehead atoms. The fourth-order valence-electron chi connectivity index (χ4n) is 1.20. The Kier molecular flexibility index (Phi) is 4.25. The Morgan fingerprint density at radius 2 is 2.06 bits per heavy atom. The maximum Gasteiger partial charge on any atom is 0.344 e. The SMILES string of the molecule is CC(C)(C)OC(=O)COc1cccc([N+](=O)[O-])c1. The van der Waals surface area contributed by atoms with Crippen molar-refractivity contribution in [2.75, 3.05) is 6.61 Å². The zero-order valence-electron chi connectivity index (χ0n) is 10.5. The molecule has 0 aromatic heterocycles. The second-order valence-electron chi connectivity index (χ2n) is 4.63. The summed E-state index contributed by atoms with van der Waals surface area (Å²) in [7, 11) is 0. The van der Waals surface area contributed by atoms with Gasteiger partial charge < -0.3 is 9.47 Å². The number of non-ortho nitro benzene ring substituents is 1. The van der Waals surface area contributed by atoms with Crippen molar-refractivity contribution in [1.82, 2.24) is 0 Å². The fourth-order valence-corrected chi connectivity index (χ4v) is 1.20. The molecule has 1 aromatic rings. The molecule has 0 saturated heterocycles. The molecule has 0 N–H and O–H groups in total. The van der Waals surface area contributed by atoms with Crippen LogP contribution in [0.25, 0.3) is 0 Å². The number of esters is 1. The molecule has 98 valence electrons. The summed E-state index contributed by atoms with van der Waals surface area (Å²) in [6.45, 7) is 4.97. The van der Waals surface area contributed by atoms with Crippen LogP contribution in [0.2, 0.25) is 0 Å². The highest BCUT2D eigenvalue weighted by Gasteiger charge is 2.16. The van der Waals surface area contributed by atoms with Crippen LogP contribution in [-0.2, 0) is 9.53 Å². The number of hydrogen-bond acceptors (Lipinski definition) is 5. The number of carbonyl (C=O) groups is 1. The smallest absolute Gasteiger partial charge is 0.344 e. The number of hydrogen-bond donors (Lipinski definition) is 0. The number of nitro benzene ring substituents is 1. The molecule has 0 fully saturated rings. The van der Waals surface area contributed by atoms with Crippen LogP contribution < -0.4 is 4.74 Å². The Hall–Kier alpha value is -2.11. The van der Waals surface area contributed by atoms with E-state index in [1.165, 1.54) is 24.3 Å². The van der Waals surface area contributed by atoms with Crippen LogP contribution in [0, 0.1) is 10.1 Å². The second-order valence-corrected chi connectivity index (χ2v) is 4.63. The lowest BCUT2D eigenvalue weighted by molar-refractivity contribution is -0.384. The summed E-state index contributed by atoms with van der Waals surface area (Å²) in [4.78, 5) is 21.4. The van der Waals surface area contributed by atoms with Gasteiger partial charge in [-0.2, -0.15) is 0 Å². The van der Waals surface area contributed by atoms with Gasteiger partial charge in [0.05, 0.1) is 11.0 Å². The van der Waals surface area contributed by atoms with Gasteiger partial charge in [0.2, 0.25) is 0 Å². The van der Waals surface area contributed by atoms with E-state index in [9.17, 15) is 14.9 Å². The van der Waals surface area contributed by atoms with Gasteiger partial charge in [-0.25, -0.2) is 4.79 Å². The van der Waals surface area contributed by atoms with E-state index in [4.69, 9.17) is 9.47 Å². The molecule has 1 aromatic carbocycles. The highest BCUT2D eigenvalue weighted by molar-refractivity contribution is 5.71. The molecule has 0 heterocycles. The summed E-state index contributed by atoms with van der Waals surface area (Å²) >= 11 is 0. The monoisotopic (exact) mass is 253 g/mol. The Bertz CT molecular complexity index is 450. The molecule has 0 radical (unpaired) electrons. The average Bonchev–Trinajstić information content (AvgIpc) is 2.24. The standard InChI is InChI=1S/C12H15NO5/c1-12(2,3)18-11(14)8-17-10-6-4-5-9(7-10)13(15)16/h4-7H,8H2,1-3H3. The van der Waals surface area contributed by atoms with Crippen LogP contribution in [0.5, 0.6) is 5.75 Å². The molecule has 0 spiro atoms. The molecule has 0 aliphatic carbocycles. The van der Waals surface area contributed by atoms with Gasteiger partial charge in [-0.1, -0.05) is 6.07 Å². The minimum absolute atomic E-state index is 0.0864. The Labute approximate surface area is 105 Å². The van der Waals surface area contributed by atoms with Gasteiger partial charge in [-0.3, -0.25) is 10.1 Å². The van der Waals surface area contributed by atoms with Gasteiger partial charge in [-0.05, 0) is 26.8 Å². The molecule has 0 aliphatic heterocycles. The summed E-state index contributed by atoms with van der Waals surface area (Å²) in [5.41, 5.74) is -0.667. The molecular weight excluding hydrogens is 238 g/mol. The Morgan fingerprint density at radius 1 is 1.39 bits per heavy atom. The Balaban J connectivity index is 2.56. The molecule has 0 aliphatic rings. The molecular formula is C12H15NO5. The molecule has 1 rings (SSSR count). The third kappa shape index (κ3) is 4.82. The molecule has 18 heavy (non-hydrogen) atoms. The first-order chi connectivity index (χ1) is 8.28. The van der Waals surface area contributed by atoms with Crippen molar-refractivity contribution in [3.8, 4) is 5.75 Å². The highest BCUT2D eigenvalue weighted by Crippen LogP contribution is 2.19. The van der Waals surface area contributed by atoms with E-state index >= 15 is 0 Å². The maximum absolute atomic E-state index is 11.4. The van der Waals surface area contributed by atoms with E-state index in [1.54, 1.807) is 20.8 Å². The average molecular weight is 253 g/mol. The van der Waals surface area contributed by atoms with Gasteiger partial charge >= 0.3 is 5.97 Å². The summed E-state index contributed by atoms with van der Waals surface area (Å²) in [6.07, 6.45) is 0. The molecule has 0 unspecified atom stereocenters. The Morgan fingerprint density at radius 3 is 2.61 bits per heavy atom. The normalized spacial score (nSPS) is 10.8. The van der Waals surface area contributed by atoms with Crippen LogP contribution in [0.1, 0.15) is 20.8 Å². The summed E-state index contributed by atoms with van der Waals surface area (Å²) < 4.78 is 10.2.